The Morgan fingerprint density at radius 2 is 2.29 bits per heavy atom. The number of ether oxygens (including phenoxy) is 1. The number of rotatable bonds is 3. The first-order valence-corrected chi connectivity index (χ1v) is 4.99. The predicted molar refractivity (Wildman–Crippen MR) is 51.3 cm³/mol. The summed E-state index contributed by atoms with van der Waals surface area (Å²) in [5.41, 5.74) is 0. The number of carbonyl (C=O) groups excluding carboxylic acids is 1. The number of nitrogens with one attached hydrogen (secondary N) is 1. The van der Waals surface area contributed by atoms with Crippen molar-refractivity contribution in [2.75, 3.05) is 19.8 Å². The summed E-state index contributed by atoms with van der Waals surface area (Å²) in [5.74, 6) is 0.0313. The molecule has 0 aromatic carbocycles. The molecule has 1 amide bonds. The highest BCUT2D eigenvalue weighted by Gasteiger charge is 2.21. The molecule has 0 radical (unpaired) electrons. The zero-order valence-corrected chi connectivity index (χ0v) is 8.45. The van der Waals surface area contributed by atoms with Crippen LogP contribution >= 0.6 is 0 Å². The topological polar surface area (TPSA) is 62.1 Å². The van der Waals surface area contributed by atoms with E-state index in [0.29, 0.717) is 19.8 Å². The van der Waals surface area contributed by atoms with Crippen LogP contribution in [-0.2, 0) is 9.53 Å². The lowest BCUT2D eigenvalue weighted by atomic mass is 9.99. The van der Waals surface area contributed by atoms with Gasteiger partial charge < -0.3 is 10.1 Å². The maximum Gasteiger partial charge on any atom is 0.223 e. The van der Waals surface area contributed by atoms with E-state index in [4.69, 9.17) is 10.00 Å². The van der Waals surface area contributed by atoms with Gasteiger partial charge in [-0.05, 0) is 19.8 Å². The van der Waals surface area contributed by atoms with E-state index in [9.17, 15) is 4.79 Å². The highest BCUT2D eigenvalue weighted by molar-refractivity contribution is 5.78. The van der Waals surface area contributed by atoms with Gasteiger partial charge in [-0.1, -0.05) is 0 Å². The van der Waals surface area contributed by atoms with Crippen molar-refractivity contribution >= 4 is 5.91 Å². The molecule has 0 spiro atoms. The van der Waals surface area contributed by atoms with Crippen molar-refractivity contribution in [3.05, 3.63) is 0 Å². The molecule has 78 valence electrons. The smallest absolute Gasteiger partial charge is 0.223 e. The lowest BCUT2D eigenvalue weighted by Gasteiger charge is -2.21. The van der Waals surface area contributed by atoms with Gasteiger partial charge >= 0.3 is 0 Å². The second-order valence-corrected chi connectivity index (χ2v) is 3.66. The van der Waals surface area contributed by atoms with E-state index in [1.165, 1.54) is 0 Å². The van der Waals surface area contributed by atoms with Gasteiger partial charge in [0.05, 0.1) is 12.0 Å². The van der Waals surface area contributed by atoms with Gasteiger partial charge in [0.15, 0.2) is 0 Å². The van der Waals surface area contributed by atoms with Gasteiger partial charge in [-0.3, -0.25) is 4.79 Å². The van der Waals surface area contributed by atoms with E-state index in [1.807, 2.05) is 0 Å². The molecule has 0 aromatic heterocycles. The Balaban J connectivity index is 2.24. The molecular formula is C10H16N2O2. The summed E-state index contributed by atoms with van der Waals surface area (Å²) < 4.78 is 5.16. The summed E-state index contributed by atoms with van der Waals surface area (Å²) in [4.78, 5) is 11.5. The Bertz CT molecular complexity index is 229. The number of nitrogens with zero attached hydrogens (tertiary/aromatic N) is 1. The highest BCUT2D eigenvalue weighted by atomic mass is 16.5. The summed E-state index contributed by atoms with van der Waals surface area (Å²) in [6.45, 7) is 3.59. The van der Waals surface area contributed by atoms with Gasteiger partial charge in [-0.25, -0.2) is 0 Å². The Kier molecular flexibility index (Phi) is 4.41. The maximum atomic E-state index is 11.5. The van der Waals surface area contributed by atoms with E-state index >= 15 is 0 Å². The van der Waals surface area contributed by atoms with Gasteiger partial charge in [-0.15, -0.1) is 0 Å². The van der Waals surface area contributed by atoms with E-state index in [2.05, 4.69) is 11.4 Å². The Labute approximate surface area is 84.2 Å². The molecule has 1 rings (SSSR count). The molecule has 0 aromatic rings. The number of hydrogen-bond acceptors (Lipinski definition) is 3. The molecule has 1 unspecified atom stereocenters. The molecule has 0 saturated carbocycles. The van der Waals surface area contributed by atoms with Gasteiger partial charge in [0.25, 0.3) is 0 Å². The molecule has 1 fully saturated rings. The summed E-state index contributed by atoms with van der Waals surface area (Å²) in [5, 5.41) is 11.3. The quantitative estimate of drug-likeness (QED) is 0.722. The van der Waals surface area contributed by atoms with E-state index in [1.54, 1.807) is 6.92 Å². The summed E-state index contributed by atoms with van der Waals surface area (Å²) in [6.07, 6.45) is 1.60. The molecule has 1 saturated heterocycles. The largest absolute Gasteiger partial charge is 0.381 e. The molecular weight excluding hydrogens is 180 g/mol. The van der Waals surface area contributed by atoms with Crippen LogP contribution < -0.4 is 5.32 Å². The molecule has 0 bridgehead atoms. The normalized spacial score (nSPS) is 19.7. The number of carbonyl (C=O) groups is 1. The SMILES string of the molecule is CC(C#N)CNC(=O)C1CCOCC1. The van der Waals surface area contributed by atoms with Crippen molar-refractivity contribution in [3.8, 4) is 6.07 Å². The van der Waals surface area contributed by atoms with E-state index in [-0.39, 0.29) is 17.7 Å². The first-order chi connectivity index (χ1) is 6.74. The first-order valence-electron chi connectivity index (χ1n) is 4.99. The third-order valence-corrected chi connectivity index (χ3v) is 2.39. The molecule has 4 nitrogen and oxygen atoms in total. The fourth-order valence-electron chi connectivity index (χ4n) is 1.40. The summed E-state index contributed by atoms with van der Waals surface area (Å²) >= 11 is 0. The minimum absolute atomic E-state index is 0.0652. The van der Waals surface area contributed by atoms with Crippen LogP contribution in [0.3, 0.4) is 0 Å². The molecule has 1 aliphatic rings. The Morgan fingerprint density at radius 3 is 2.86 bits per heavy atom. The molecule has 1 atom stereocenters. The van der Waals surface area contributed by atoms with E-state index < -0.39 is 0 Å². The Morgan fingerprint density at radius 1 is 1.64 bits per heavy atom. The Hall–Kier alpha value is -1.08. The van der Waals surface area contributed by atoms with Gasteiger partial charge in [0, 0.05) is 25.7 Å². The summed E-state index contributed by atoms with van der Waals surface area (Å²) in [7, 11) is 0. The van der Waals surface area contributed by atoms with Crippen molar-refractivity contribution in [2.45, 2.75) is 19.8 Å². The van der Waals surface area contributed by atoms with Crippen LogP contribution in [0.25, 0.3) is 0 Å². The minimum Gasteiger partial charge on any atom is -0.381 e. The van der Waals surface area contributed by atoms with Crippen molar-refractivity contribution in [2.24, 2.45) is 11.8 Å². The lowest BCUT2D eigenvalue weighted by molar-refractivity contribution is -0.127. The molecule has 1 N–H and O–H groups in total. The van der Waals surface area contributed by atoms with Crippen LogP contribution in [0.15, 0.2) is 0 Å². The van der Waals surface area contributed by atoms with Gasteiger partial charge in [0.2, 0.25) is 5.91 Å². The van der Waals surface area contributed by atoms with Crippen LogP contribution in [0.2, 0.25) is 0 Å². The van der Waals surface area contributed by atoms with E-state index in [0.717, 1.165) is 12.8 Å². The fourth-order valence-corrected chi connectivity index (χ4v) is 1.40. The van der Waals surface area contributed by atoms with Crippen LogP contribution in [-0.4, -0.2) is 25.7 Å². The first kappa shape index (κ1) is 11.0. The predicted octanol–water partition coefficient (Wildman–Crippen LogP) is 0.689. The highest BCUT2D eigenvalue weighted by Crippen LogP contribution is 2.14. The zero-order valence-electron chi connectivity index (χ0n) is 8.45. The molecule has 4 heteroatoms. The maximum absolute atomic E-state index is 11.5. The summed E-state index contributed by atoms with van der Waals surface area (Å²) in [6, 6.07) is 2.08. The van der Waals surface area contributed by atoms with Crippen molar-refractivity contribution in [3.63, 3.8) is 0 Å². The number of nitriles is 1. The van der Waals surface area contributed by atoms with Crippen LogP contribution in [0, 0.1) is 23.2 Å². The van der Waals surface area contributed by atoms with Crippen LogP contribution in [0.1, 0.15) is 19.8 Å². The van der Waals surface area contributed by atoms with Gasteiger partial charge in [-0.2, -0.15) is 5.26 Å². The molecule has 14 heavy (non-hydrogen) atoms. The average molecular weight is 196 g/mol. The third kappa shape index (κ3) is 3.35. The second-order valence-electron chi connectivity index (χ2n) is 3.66. The zero-order chi connectivity index (χ0) is 10.4. The average Bonchev–Trinajstić information content (AvgIpc) is 2.26. The van der Waals surface area contributed by atoms with Crippen LogP contribution in [0.5, 0.6) is 0 Å². The van der Waals surface area contributed by atoms with Crippen molar-refractivity contribution in [1.82, 2.24) is 5.32 Å². The number of amides is 1. The molecule has 1 heterocycles. The third-order valence-electron chi connectivity index (χ3n) is 2.39. The second kappa shape index (κ2) is 5.61. The minimum atomic E-state index is -0.112. The fraction of sp³-hybridized carbons (Fsp3) is 0.800. The van der Waals surface area contributed by atoms with Crippen molar-refractivity contribution < 1.29 is 9.53 Å². The van der Waals surface area contributed by atoms with Crippen molar-refractivity contribution in [1.29, 1.82) is 5.26 Å². The molecule has 0 aliphatic carbocycles. The molecule has 1 aliphatic heterocycles. The lowest BCUT2D eigenvalue weighted by Crippen LogP contribution is -2.36. The monoisotopic (exact) mass is 196 g/mol. The number of hydrogen-bond donors (Lipinski definition) is 1. The standard InChI is InChI=1S/C10H16N2O2/c1-8(6-11)7-12-10(13)9-2-4-14-5-3-9/h8-9H,2-5,7H2,1H3,(H,12,13). The van der Waals surface area contributed by atoms with Gasteiger partial charge in [0.1, 0.15) is 0 Å². The van der Waals surface area contributed by atoms with Crippen LogP contribution in [0.4, 0.5) is 0 Å².